The van der Waals surface area contributed by atoms with Gasteiger partial charge in [-0.25, -0.2) is 9.97 Å². The Bertz CT molecular complexity index is 1370. The molecule has 0 radical (unpaired) electrons. The van der Waals surface area contributed by atoms with E-state index >= 15 is 0 Å². The summed E-state index contributed by atoms with van der Waals surface area (Å²) in [5.41, 5.74) is 5.53. The minimum absolute atomic E-state index is 0.109. The van der Waals surface area contributed by atoms with E-state index in [9.17, 15) is 9.59 Å². The van der Waals surface area contributed by atoms with Crippen LogP contribution < -0.4 is 10.2 Å². The molecule has 0 unspecified atom stereocenters. The monoisotopic (exact) mass is 468 g/mol. The second kappa shape index (κ2) is 9.45. The number of halogens is 1. The molecule has 0 bridgehead atoms. The maximum Gasteiger partial charge on any atom is 0.258 e. The van der Waals surface area contributed by atoms with Gasteiger partial charge in [0.15, 0.2) is 0 Å². The summed E-state index contributed by atoms with van der Waals surface area (Å²) in [5.74, 6) is -0.283. The highest BCUT2D eigenvalue weighted by Crippen LogP contribution is 2.35. The van der Waals surface area contributed by atoms with E-state index in [1.807, 2.05) is 48.7 Å². The Balaban J connectivity index is 1.34. The lowest BCUT2D eigenvalue weighted by molar-refractivity contribution is -0.115. The van der Waals surface area contributed by atoms with Gasteiger partial charge in [0.1, 0.15) is 6.33 Å². The maximum atomic E-state index is 13.5. The average molecular weight is 469 g/mol. The zero-order valence-corrected chi connectivity index (χ0v) is 19.0. The number of nitrogens with one attached hydrogen (secondary N) is 1. The molecule has 6 nitrogen and oxygen atoms in total. The van der Waals surface area contributed by atoms with Crippen molar-refractivity contribution in [2.75, 3.05) is 16.8 Å². The van der Waals surface area contributed by atoms with Gasteiger partial charge in [0.25, 0.3) is 5.91 Å². The summed E-state index contributed by atoms with van der Waals surface area (Å²) >= 11 is 6.15. The smallest absolute Gasteiger partial charge is 0.258 e. The molecule has 1 aliphatic rings. The Labute approximate surface area is 202 Å². The van der Waals surface area contributed by atoms with E-state index in [2.05, 4.69) is 15.3 Å². The van der Waals surface area contributed by atoms with Gasteiger partial charge in [0, 0.05) is 34.6 Å². The van der Waals surface area contributed by atoms with Gasteiger partial charge in [-0.05, 0) is 53.9 Å². The molecule has 4 aromatic rings. The highest BCUT2D eigenvalue weighted by Gasteiger charge is 2.25. The average Bonchev–Trinajstić information content (AvgIpc) is 3.03. The van der Waals surface area contributed by atoms with Crippen LogP contribution in [0.5, 0.6) is 0 Å². The second-order valence-electron chi connectivity index (χ2n) is 8.01. The molecule has 168 valence electrons. The van der Waals surface area contributed by atoms with Crippen LogP contribution in [0.3, 0.4) is 0 Å². The SMILES string of the molecule is O=C(Cc1ccccc1Cl)Nc1ccc(C(=O)N2CCc3cncnc3-c3ccccc32)cc1. The predicted molar refractivity (Wildman–Crippen MR) is 133 cm³/mol. The van der Waals surface area contributed by atoms with Gasteiger partial charge < -0.3 is 10.2 Å². The van der Waals surface area contributed by atoms with Gasteiger partial charge in [-0.1, -0.05) is 48.0 Å². The van der Waals surface area contributed by atoms with Crippen molar-refractivity contribution in [2.24, 2.45) is 0 Å². The molecule has 0 fully saturated rings. The van der Waals surface area contributed by atoms with Gasteiger partial charge in [0.05, 0.1) is 17.8 Å². The van der Waals surface area contributed by atoms with Crippen LogP contribution in [0.1, 0.15) is 21.5 Å². The normalized spacial score (nSPS) is 12.3. The number of carbonyl (C=O) groups is 2. The first kappa shape index (κ1) is 21.8. The van der Waals surface area contributed by atoms with Gasteiger partial charge in [-0.3, -0.25) is 9.59 Å². The third-order valence-electron chi connectivity index (χ3n) is 5.81. The first-order valence-corrected chi connectivity index (χ1v) is 11.3. The van der Waals surface area contributed by atoms with Crippen molar-refractivity contribution >= 4 is 34.8 Å². The first-order chi connectivity index (χ1) is 16.6. The summed E-state index contributed by atoms with van der Waals surface area (Å²) < 4.78 is 0. The van der Waals surface area contributed by atoms with Gasteiger partial charge in [-0.15, -0.1) is 0 Å². The minimum Gasteiger partial charge on any atom is -0.326 e. The van der Waals surface area contributed by atoms with E-state index in [1.54, 1.807) is 35.2 Å². The summed E-state index contributed by atoms with van der Waals surface area (Å²) in [6.45, 7) is 0.520. The molecule has 34 heavy (non-hydrogen) atoms. The van der Waals surface area contributed by atoms with E-state index in [-0.39, 0.29) is 18.2 Å². The number of carbonyl (C=O) groups excluding carboxylic acids is 2. The van der Waals surface area contributed by atoms with Crippen molar-refractivity contribution in [3.63, 3.8) is 0 Å². The quantitative estimate of drug-likeness (QED) is 0.447. The number of aromatic nitrogens is 2. The summed E-state index contributed by atoms with van der Waals surface area (Å²) in [6.07, 6.45) is 4.18. The van der Waals surface area contributed by atoms with E-state index in [4.69, 9.17) is 11.6 Å². The molecule has 5 rings (SSSR count). The Morgan fingerprint density at radius 2 is 1.74 bits per heavy atom. The number of hydrogen-bond acceptors (Lipinski definition) is 4. The van der Waals surface area contributed by atoms with Crippen LogP contribution in [-0.2, 0) is 17.6 Å². The van der Waals surface area contributed by atoms with Crippen molar-refractivity contribution in [1.29, 1.82) is 0 Å². The molecule has 0 spiro atoms. The summed E-state index contributed by atoms with van der Waals surface area (Å²) in [6, 6.07) is 22.0. The topological polar surface area (TPSA) is 75.2 Å². The highest BCUT2D eigenvalue weighted by molar-refractivity contribution is 6.31. The molecule has 0 saturated carbocycles. The number of anilines is 2. The third-order valence-corrected chi connectivity index (χ3v) is 6.18. The van der Waals surface area contributed by atoms with E-state index < -0.39 is 0 Å². The van der Waals surface area contributed by atoms with Crippen LogP contribution in [0, 0.1) is 0 Å². The number of para-hydroxylation sites is 1. The Kier molecular flexibility index (Phi) is 6.06. The molecule has 1 aliphatic heterocycles. The second-order valence-corrected chi connectivity index (χ2v) is 8.42. The minimum atomic E-state index is -0.174. The molecule has 0 aliphatic carbocycles. The van der Waals surface area contributed by atoms with Crippen LogP contribution in [0.15, 0.2) is 85.3 Å². The lowest BCUT2D eigenvalue weighted by atomic mass is 10.1. The molecule has 1 N–H and O–H groups in total. The lowest BCUT2D eigenvalue weighted by Crippen LogP contribution is -2.32. The fourth-order valence-corrected chi connectivity index (χ4v) is 4.33. The van der Waals surface area contributed by atoms with Crippen LogP contribution in [-0.4, -0.2) is 28.3 Å². The number of fused-ring (bicyclic) bond motifs is 3. The standard InChI is InChI=1S/C27H21ClN4O2/c28-23-7-3-1-5-19(23)15-25(33)31-21-11-9-18(10-12-21)27(34)32-14-13-20-16-29-17-30-26(20)22-6-2-4-8-24(22)32/h1-12,16-17H,13-15H2,(H,31,33). The van der Waals surface area contributed by atoms with Gasteiger partial charge >= 0.3 is 0 Å². The van der Waals surface area contributed by atoms with E-state index in [0.29, 0.717) is 29.2 Å². The van der Waals surface area contributed by atoms with Gasteiger partial charge in [-0.2, -0.15) is 0 Å². The summed E-state index contributed by atoms with van der Waals surface area (Å²) in [7, 11) is 0. The number of nitrogens with zero attached hydrogens (tertiary/aromatic N) is 3. The molecule has 7 heteroatoms. The van der Waals surface area contributed by atoms with Crippen LogP contribution in [0.4, 0.5) is 11.4 Å². The Morgan fingerprint density at radius 3 is 2.56 bits per heavy atom. The third kappa shape index (κ3) is 4.40. The number of benzene rings is 3. The van der Waals surface area contributed by atoms with Crippen LogP contribution in [0.25, 0.3) is 11.3 Å². The zero-order valence-electron chi connectivity index (χ0n) is 18.2. The number of rotatable bonds is 4. The van der Waals surface area contributed by atoms with Crippen molar-refractivity contribution in [3.8, 4) is 11.3 Å². The van der Waals surface area contributed by atoms with Crippen LogP contribution >= 0.6 is 11.6 Å². The summed E-state index contributed by atoms with van der Waals surface area (Å²) in [5, 5.41) is 3.42. The van der Waals surface area contributed by atoms with Crippen molar-refractivity contribution in [2.45, 2.75) is 12.8 Å². The van der Waals surface area contributed by atoms with E-state index in [1.165, 1.54) is 6.33 Å². The molecule has 2 heterocycles. The molecular weight excluding hydrogens is 448 g/mol. The highest BCUT2D eigenvalue weighted by atomic mass is 35.5. The fourth-order valence-electron chi connectivity index (χ4n) is 4.13. The molecule has 0 saturated heterocycles. The summed E-state index contributed by atoms with van der Waals surface area (Å²) in [4.78, 5) is 36.3. The van der Waals surface area contributed by atoms with Crippen LogP contribution in [0.2, 0.25) is 5.02 Å². The number of hydrogen-bond donors (Lipinski definition) is 1. The maximum absolute atomic E-state index is 13.5. The largest absolute Gasteiger partial charge is 0.326 e. The Hall–Kier alpha value is -4.03. The van der Waals surface area contributed by atoms with Crippen molar-refractivity contribution in [1.82, 2.24) is 9.97 Å². The molecule has 1 aromatic heterocycles. The zero-order chi connectivity index (χ0) is 23.5. The first-order valence-electron chi connectivity index (χ1n) is 10.9. The van der Waals surface area contributed by atoms with Crippen molar-refractivity contribution in [3.05, 3.63) is 107 Å². The molecular formula is C27H21ClN4O2. The van der Waals surface area contributed by atoms with Crippen molar-refractivity contribution < 1.29 is 9.59 Å². The fraction of sp³-hybridized carbons (Fsp3) is 0.111. The lowest BCUT2D eigenvalue weighted by Gasteiger charge is -2.23. The predicted octanol–water partition coefficient (Wildman–Crippen LogP) is 5.18. The number of amides is 2. The Morgan fingerprint density at radius 1 is 0.971 bits per heavy atom. The molecule has 0 atom stereocenters. The molecule has 3 aromatic carbocycles. The van der Waals surface area contributed by atoms with Gasteiger partial charge in [0.2, 0.25) is 5.91 Å². The molecule has 2 amide bonds. The van der Waals surface area contributed by atoms with E-state index in [0.717, 1.165) is 28.1 Å².